The molecule has 0 aromatic carbocycles. The second kappa shape index (κ2) is 6.85. The molecule has 1 aromatic heterocycles. The molecule has 0 aliphatic rings. The van der Waals surface area contributed by atoms with E-state index in [4.69, 9.17) is 0 Å². The van der Waals surface area contributed by atoms with Crippen molar-refractivity contribution in [2.24, 2.45) is 5.41 Å². The van der Waals surface area contributed by atoms with Gasteiger partial charge in [0.25, 0.3) is 0 Å². The van der Waals surface area contributed by atoms with Crippen molar-refractivity contribution in [3.05, 3.63) is 16.5 Å². The number of halogens is 1. The van der Waals surface area contributed by atoms with Crippen LogP contribution in [-0.4, -0.2) is 28.2 Å². The van der Waals surface area contributed by atoms with Gasteiger partial charge in [0.1, 0.15) is 16.2 Å². The van der Waals surface area contributed by atoms with E-state index < -0.39 is 0 Å². The highest BCUT2D eigenvalue weighted by molar-refractivity contribution is 9.10. The first kappa shape index (κ1) is 17.4. The molecule has 0 aliphatic carbocycles. The first-order valence-electron chi connectivity index (χ1n) is 7.16. The lowest BCUT2D eigenvalue weighted by atomic mass is 9.83. The van der Waals surface area contributed by atoms with Crippen LogP contribution in [0.1, 0.15) is 53.3 Å². The third kappa shape index (κ3) is 4.42. The van der Waals surface area contributed by atoms with Gasteiger partial charge in [-0.3, -0.25) is 0 Å². The van der Waals surface area contributed by atoms with Gasteiger partial charge >= 0.3 is 0 Å². The molecule has 0 amide bonds. The highest BCUT2D eigenvalue weighted by atomic mass is 79.9. The van der Waals surface area contributed by atoms with Crippen LogP contribution in [0.2, 0.25) is 0 Å². The molecular formula is C15H26BrN3O. The summed E-state index contributed by atoms with van der Waals surface area (Å²) in [5, 5.41) is 13.0. The Bertz CT molecular complexity index is 431. The normalized spacial score (nSPS) is 12.6. The van der Waals surface area contributed by atoms with Gasteiger partial charge in [0, 0.05) is 23.4 Å². The van der Waals surface area contributed by atoms with Gasteiger partial charge in [-0.25, -0.2) is 9.97 Å². The van der Waals surface area contributed by atoms with Crippen molar-refractivity contribution in [1.29, 1.82) is 0 Å². The largest absolute Gasteiger partial charge is 0.396 e. The predicted octanol–water partition coefficient (Wildman–Crippen LogP) is 3.75. The number of anilines is 1. The molecule has 5 heteroatoms. The molecular weight excluding hydrogens is 318 g/mol. The minimum absolute atomic E-state index is 0.0840. The fraction of sp³-hybridized carbons (Fsp3) is 0.733. The molecule has 0 bridgehead atoms. The zero-order chi connectivity index (χ0) is 15.4. The van der Waals surface area contributed by atoms with Crippen LogP contribution in [0.4, 0.5) is 5.82 Å². The van der Waals surface area contributed by atoms with Crippen LogP contribution in [0.15, 0.2) is 10.7 Å². The molecule has 1 rings (SSSR count). The summed E-state index contributed by atoms with van der Waals surface area (Å²) in [5.74, 6) is 1.61. The molecule has 114 valence electrons. The number of hydrogen-bond donors (Lipinski definition) is 2. The average molecular weight is 344 g/mol. The number of aromatic nitrogens is 2. The molecule has 1 aromatic rings. The van der Waals surface area contributed by atoms with E-state index >= 15 is 0 Å². The summed E-state index contributed by atoms with van der Waals surface area (Å²) >= 11 is 3.44. The molecule has 0 atom stereocenters. The molecule has 1 heterocycles. The third-order valence-corrected chi connectivity index (χ3v) is 4.25. The Hall–Kier alpha value is -0.680. The standard InChI is InChI=1S/C15H26BrN3O/c1-6-15(7-2,10-20)9-17-12-8-11(16)18-13(19-12)14(3,4)5/h8,20H,6-7,9-10H2,1-5H3,(H,17,18,19). The maximum atomic E-state index is 9.61. The number of hydrogen-bond acceptors (Lipinski definition) is 4. The summed E-state index contributed by atoms with van der Waals surface area (Å²) in [5.41, 5.74) is -0.177. The maximum absolute atomic E-state index is 9.61. The van der Waals surface area contributed by atoms with Crippen molar-refractivity contribution in [1.82, 2.24) is 9.97 Å². The predicted molar refractivity (Wildman–Crippen MR) is 87.0 cm³/mol. The second-order valence-electron chi connectivity index (χ2n) is 6.37. The molecule has 0 saturated heterocycles. The van der Waals surface area contributed by atoms with Gasteiger partial charge in [0.15, 0.2) is 0 Å². The third-order valence-electron chi connectivity index (χ3n) is 3.85. The first-order chi connectivity index (χ1) is 9.26. The van der Waals surface area contributed by atoms with Crippen molar-refractivity contribution in [3.63, 3.8) is 0 Å². The summed E-state index contributed by atoms with van der Waals surface area (Å²) in [4.78, 5) is 9.00. The van der Waals surface area contributed by atoms with Crippen LogP contribution in [0, 0.1) is 5.41 Å². The van der Waals surface area contributed by atoms with E-state index in [1.54, 1.807) is 0 Å². The molecule has 20 heavy (non-hydrogen) atoms. The van der Waals surface area contributed by atoms with E-state index in [9.17, 15) is 5.11 Å². The SMILES string of the molecule is CCC(CC)(CO)CNc1cc(Br)nc(C(C)(C)C)n1. The van der Waals surface area contributed by atoms with Gasteiger partial charge in [-0.2, -0.15) is 0 Å². The summed E-state index contributed by atoms with van der Waals surface area (Å²) in [6, 6.07) is 1.88. The summed E-state index contributed by atoms with van der Waals surface area (Å²) < 4.78 is 0.780. The first-order valence-corrected chi connectivity index (χ1v) is 7.95. The molecule has 0 unspecified atom stereocenters. The molecule has 0 aliphatic heterocycles. The summed E-state index contributed by atoms with van der Waals surface area (Å²) in [7, 11) is 0. The van der Waals surface area contributed by atoms with Gasteiger partial charge < -0.3 is 10.4 Å². The van der Waals surface area contributed by atoms with E-state index in [1.165, 1.54) is 0 Å². The highest BCUT2D eigenvalue weighted by Crippen LogP contribution is 2.27. The molecule has 0 radical (unpaired) electrons. The van der Waals surface area contributed by atoms with E-state index in [0.29, 0.717) is 6.54 Å². The average Bonchev–Trinajstić information content (AvgIpc) is 2.39. The minimum Gasteiger partial charge on any atom is -0.396 e. The quantitative estimate of drug-likeness (QED) is 0.772. The second-order valence-corrected chi connectivity index (χ2v) is 7.18. The van der Waals surface area contributed by atoms with Gasteiger partial charge in [-0.15, -0.1) is 0 Å². The van der Waals surface area contributed by atoms with Crippen LogP contribution in [0.3, 0.4) is 0 Å². The fourth-order valence-electron chi connectivity index (χ4n) is 1.90. The Labute approximate surface area is 130 Å². The number of nitrogens with one attached hydrogen (secondary N) is 1. The van der Waals surface area contributed by atoms with Crippen molar-refractivity contribution >= 4 is 21.7 Å². The van der Waals surface area contributed by atoms with Crippen LogP contribution in [0.25, 0.3) is 0 Å². The van der Waals surface area contributed by atoms with Crippen molar-refractivity contribution in [2.45, 2.75) is 52.9 Å². The Morgan fingerprint density at radius 2 is 1.80 bits per heavy atom. The lowest BCUT2D eigenvalue weighted by Crippen LogP contribution is -2.32. The van der Waals surface area contributed by atoms with E-state index in [1.807, 2.05) is 6.07 Å². The molecule has 2 N–H and O–H groups in total. The van der Waals surface area contributed by atoms with E-state index in [0.717, 1.165) is 29.1 Å². The highest BCUT2D eigenvalue weighted by Gasteiger charge is 2.25. The van der Waals surface area contributed by atoms with Gasteiger partial charge in [0.05, 0.1) is 6.61 Å². The molecule has 0 fully saturated rings. The Kier molecular flexibility index (Phi) is 5.95. The lowest BCUT2D eigenvalue weighted by Gasteiger charge is -2.30. The number of aliphatic hydroxyl groups excluding tert-OH is 1. The topological polar surface area (TPSA) is 58.0 Å². The smallest absolute Gasteiger partial charge is 0.137 e. The van der Waals surface area contributed by atoms with Crippen LogP contribution >= 0.6 is 15.9 Å². The summed E-state index contributed by atoms with van der Waals surface area (Å²) in [6.07, 6.45) is 1.87. The summed E-state index contributed by atoms with van der Waals surface area (Å²) in [6.45, 7) is 11.4. The Morgan fingerprint density at radius 1 is 1.20 bits per heavy atom. The number of nitrogens with zero attached hydrogens (tertiary/aromatic N) is 2. The van der Waals surface area contributed by atoms with Gasteiger partial charge in [-0.05, 0) is 28.8 Å². The van der Waals surface area contributed by atoms with Crippen molar-refractivity contribution in [2.75, 3.05) is 18.5 Å². The maximum Gasteiger partial charge on any atom is 0.137 e. The van der Waals surface area contributed by atoms with Crippen molar-refractivity contribution in [3.8, 4) is 0 Å². The van der Waals surface area contributed by atoms with E-state index in [-0.39, 0.29) is 17.4 Å². The lowest BCUT2D eigenvalue weighted by molar-refractivity contribution is 0.127. The van der Waals surface area contributed by atoms with Crippen molar-refractivity contribution < 1.29 is 5.11 Å². The Morgan fingerprint density at radius 3 is 2.25 bits per heavy atom. The van der Waals surface area contributed by atoms with Gasteiger partial charge in [-0.1, -0.05) is 34.6 Å². The minimum atomic E-state index is -0.0935. The Balaban J connectivity index is 2.91. The molecule has 0 spiro atoms. The monoisotopic (exact) mass is 343 g/mol. The van der Waals surface area contributed by atoms with E-state index in [2.05, 4.69) is 65.8 Å². The zero-order valence-electron chi connectivity index (χ0n) is 13.1. The number of aliphatic hydroxyl groups is 1. The van der Waals surface area contributed by atoms with Crippen LogP contribution in [-0.2, 0) is 5.41 Å². The van der Waals surface area contributed by atoms with Crippen LogP contribution < -0.4 is 5.32 Å². The molecule has 4 nitrogen and oxygen atoms in total. The molecule has 0 saturated carbocycles. The van der Waals surface area contributed by atoms with Crippen LogP contribution in [0.5, 0.6) is 0 Å². The fourth-order valence-corrected chi connectivity index (χ4v) is 2.29. The zero-order valence-corrected chi connectivity index (χ0v) is 14.7. The number of rotatable bonds is 6. The van der Waals surface area contributed by atoms with Gasteiger partial charge in [0.2, 0.25) is 0 Å².